The summed E-state index contributed by atoms with van der Waals surface area (Å²) >= 11 is 0. The molecule has 1 saturated carbocycles. The van der Waals surface area contributed by atoms with Gasteiger partial charge in [0.1, 0.15) is 5.76 Å². The summed E-state index contributed by atoms with van der Waals surface area (Å²) in [6.45, 7) is 3.11. The van der Waals surface area contributed by atoms with Crippen LogP contribution in [0.5, 0.6) is 0 Å². The van der Waals surface area contributed by atoms with Gasteiger partial charge in [-0.3, -0.25) is 5.84 Å². The number of nitrogens with two attached hydrogens (primary N) is 1. The molecule has 80 valence electrons. The molecule has 3 heteroatoms. The Bertz CT molecular complexity index is 223. The third-order valence-corrected chi connectivity index (χ3v) is 3.34. The average Bonchev–Trinajstić information content (AvgIpc) is 3.03. The van der Waals surface area contributed by atoms with Crippen LogP contribution in [-0.4, -0.2) is 12.6 Å². The minimum absolute atomic E-state index is 0.225. The smallest absolute Gasteiger partial charge is 0.111 e. The predicted molar refractivity (Wildman–Crippen MR) is 56.3 cm³/mol. The Morgan fingerprint density at radius 1 is 1.57 bits per heavy atom. The molecule has 1 fully saturated rings. The lowest BCUT2D eigenvalue weighted by atomic mass is 9.94. The maximum Gasteiger partial charge on any atom is 0.111 e. The van der Waals surface area contributed by atoms with Crippen molar-refractivity contribution in [3.8, 4) is 0 Å². The summed E-state index contributed by atoms with van der Waals surface area (Å²) in [5.41, 5.74) is 2.90. The number of rotatable bonds is 4. The van der Waals surface area contributed by atoms with Gasteiger partial charge in [0.2, 0.25) is 0 Å². The number of hydrogen-bond acceptors (Lipinski definition) is 3. The fourth-order valence-electron chi connectivity index (χ4n) is 2.18. The zero-order chi connectivity index (χ0) is 9.97. The molecular weight excluding hydrogens is 176 g/mol. The first-order valence-corrected chi connectivity index (χ1v) is 5.62. The first kappa shape index (κ1) is 9.99. The average molecular weight is 196 g/mol. The minimum atomic E-state index is 0.225. The van der Waals surface area contributed by atoms with Crippen molar-refractivity contribution in [2.75, 3.05) is 6.61 Å². The van der Waals surface area contributed by atoms with Crippen molar-refractivity contribution in [3.05, 3.63) is 11.8 Å². The highest BCUT2D eigenvalue weighted by Gasteiger charge is 2.35. The van der Waals surface area contributed by atoms with Gasteiger partial charge in [0.25, 0.3) is 0 Å². The molecule has 0 saturated heterocycles. The van der Waals surface area contributed by atoms with E-state index in [1.54, 1.807) is 0 Å². The van der Waals surface area contributed by atoms with Gasteiger partial charge in [0.15, 0.2) is 0 Å². The summed E-state index contributed by atoms with van der Waals surface area (Å²) in [5, 5.41) is 0. The third kappa shape index (κ3) is 2.10. The Kier molecular flexibility index (Phi) is 3.08. The molecule has 0 bridgehead atoms. The van der Waals surface area contributed by atoms with E-state index < -0.39 is 0 Å². The quantitative estimate of drug-likeness (QED) is 0.530. The van der Waals surface area contributed by atoms with Gasteiger partial charge in [-0.25, -0.2) is 5.43 Å². The van der Waals surface area contributed by atoms with Gasteiger partial charge in [0, 0.05) is 0 Å². The highest BCUT2D eigenvalue weighted by atomic mass is 16.5. The molecule has 0 spiro atoms. The molecule has 2 aliphatic rings. The maximum atomic E-state index is 5.65. The molecule has 3 nitrogen and oxygen atoms in total. The van der Waals surface area contributed by atoms with E-state index in [0.29, 0.717) is 5.92 Å². The fourth-order valence-corrected chi connectivity index (χ4v) is 2.18. The van der Waals surface area contributed by atoms with Crippen LogP contribution in [0.25, 0.3) is 0 Å². The van der Waals surface area contributed by atoms with Crippen molar-refractivity contribution in [1.82, 2.24) is 5.43 Å². The molecule has 0 amide bonds. The fraction of sp³-hybridized carbons (Fsp3) is 0.818. The van der Waals surface area contributed by atoms with Crippen LogP contribution < -0.4 is 11.3 Å². The Morgan fingerprint density at radius 2 is 2.36 bits per heavy atom. The van der Waals surface area contributed by atoms with Crippen molar-refractivity contribution >= 4 is 0 Å². The Balaban J connectivity index is 1.99. The molecular formula is C11H20N2O. The lowest BCUT2D eigenvalue weighted by Gasteiger charge is -2.27. The summed E-state index contributed by atoms with van der Waals surface area (Å²) in [7, 11) is 0. The van der Waals surface area contributed by atoms with Crippen molar-refractivity contribution in [1.29, 1.82) is 0 Å². The summed E-state index contributed by atoms with van der Waals surface area (Å²) in [6.07, 6.45) is 7.16. The molecule has 0 aromatic carbocycles. The molecule has 2 unspecified atom stereocenters. The molecule has 2 atom stereocenters. The van der Waals surface area contributed by atoms with Gasteiger partial charge in [-0.05, 0) is 43.6 Å². The van der Waals surface area contributed by atoms with Crippen molar-refractivity contribution in [2.45, 2.75) is 38.6 Å². The van der Waals surface area contributed by atoms with E-state index in [4.69, 9.17) is 10.6 Å². The summed E-state index contributed by atoms with van der Waals surface area (Å²) in [5.74, 6) is 8.12. The van der Waals surface area contributed by atoms with Gasteiger partial charge < -0.3 is 4.74 Å². The number of hydrogen-bond donors (Lipinski definition) is 2. The highest BCUT2D eigenvalue weighted by molar-refractivity contribution is 5.08. The van der Waals surface area contributed by atoms with Gasteiger partial charge in [-0.1, -0.05) is 6.92 Å². The molecule has 1 aliphatic heterocycles. The van der Waals surface area contributed by atoms with Crippen LogP contribution in [0.3, 0.4) is 0 Å². The molecule has 0 aromatic rings. The monoisotopic (exact) mass is 196 g/mol. The second-order valence-electron chi connectivity index (χ2n) is 4.44. The van der Waals surface area contributed by atoms with Crippen molar-refractivity contribution < 1.29 is 4.74 Å². The molecule has 0 radical (unpaired) electrons. The van der Waals surface area contributed by atoms with Crippen LogP contribution in [0.15, 0.2) is 11.8 Å². The predicted octanol–water partition coefficient (Wildman–Crippen LogP) is 1.56. The second-order valence-corrected chi connectivity index (χ2v) is 4.44. The van der Waals surface area contributed by atoms with E-state index in [-0.39, 0.29) is 6.04 Å². The molecule has 0 aromatic heterocycles. The summed E-state index contributed by atoms with van der Waals surface area (Å²) in [6, 6.07) is 0.225. The first-order valence-electron chi connectivity index (χ1n) is 5.62. The normalized spacial score (nSPS) is 26.3. The molecule has 2 rings (SSSR count). The van der Waals surface area contributed by atoms with Crippen molar-refractivity contribution in [3.63, 3.8) is 0 Å². The zero-order valence-electron chi connectivity index (χ0n) is 8.83. The standard InChI is InChI=1S/C11H20N2O/c1-8(9-5-6-9)11(13-12)10-4-2-3-7-14-10/h4,8-9,11,13H,2-3,5-7,12H2,1H3. The lowest BCUT2D eigenvalue weighted by molar-refractivity contribution is 0.149. The topological polar surface area (TPSA) is 47.3 Å². The lowest BCUT2D eigenvalue weighted by Crippen LogP contribution is -2.43. The molecule has 1 aliphatic carbocycles. The zero-order valence-corrected chi connectivity index (χ0v) is 8.83. The van der Waals surface area contributed by atoms with E-state index in [1.807, 2.05) is 0 Å². The van der Waals surface area contributed by atoms with Crippen molar-refractivity contribution in [2.24, 2.45) is 17.7 Å². The van der Waals surface area contributed by atoms with Gasteiger partial charge in [-0.2, -0.15) is 0 Å². The first-order chi connectivity index (χ1) is 6.83. The molecule has 1 heterocycles. The second kappa shape index (κ2) is 4.32. The number of nitrogens with one attached hydrogen (secondary N) is 1. The Labute approximate surface area is 85.7 Å². The third-order valence-electron chi connectivity index (χ3n) is 3.34. The van der Waals surface area contributed by atoms with Gasteiger partial charge >= 0.3 is 0 Å². The van der Waals surface area contributed by atoms with E-state index in [2.05, 4.69) is 18.4 Å². The van der Waals surface area contributed by atoms with E-state index in [9.17, 15) is 0 Å². The Hall–Kier alpha value is -0.540. The van der Waals surface area contributed by atoms with Gasteiger partial charge in [-0.15, -0.1) is 0 Å². The highest BCUT2D eigenvalue weighted by Crippen LogP contribution is 2.39. The van der Waals surface area contributed by atoms with Crippen LogP contribution in [0.2, 0.25) is 0 Å². The maximum absolute atomic E-state index is 5.65. The molecule has 3 N–H and O–H groups in total. The Morgan fingerprint density at radius 3 is 2.86 bits per heavy atom. The van der Waals surface area contributed by atoms with Crippen LogP contribution in [0.1, 0.15) is 32.6 Å². The summed E-state index contributed by atoms with van der Waals surface area (Å²) < 4.78 is 5.65. The SMILES string of the molecule is CC(C1CC1)C(NN)C1=CCCCO1. The number of allylic oxidation sites excluding steroid dienone is 1. The van der Waals surface area contributed by atoms with E-state index >= 15 is 0 Å². The largest absolute Gasteiger partial charge is 0.497 e. The molecule has 14 heavy (non-hydrogen) atoms. The van der Waals surface area contributed by atoms with Crippen LogP contribution in [0, 0.1) is 11.8 Å². The number of hydrazine groups is 1. The van der Waals surface area contributed by atoms with E-state index in [0.717, 1.165) is 31.1 Å². The van der Waals surface area contributed by atoms with Crippen LogP contribution in [-0.2, 0) is 4.74 Å². The minimum Gasteiger partial charge on any atom is -0.497 e. The van der Waals surface area contributed by atoms with E-state index in [1.165, 1.54) is 12.8 Å². The summed E-state index contributed by atoms with van der Waals surface area (Å²) in [4.78, 5) is 0. The van der Waals surface area contributed by atoms with Gasteiger partial charge in [0.05, 0.1) is 12.6 Å². The number of ether oxygens (including phenoxy) is 1. The van der Waals surface area contributed by atoms with Crippen LogP contribution in [0.4, 0.5) is 0 Å². The van der Waals surface area contributed by atoms with Crippen LogP contribution >= 0.6 is 0 Å².